The van der Waals surface area contributed by atoms with Crippen LogP contribution in [0.5, 0.6) is 0 Å². The number of nitrogens with two attached hydrogens (primary N) is 1. The Morgan fingerprint density at radius 3 is 2.12 bits per heavy atom. The predicted octanol–water partition coefficient (Wildman–Crippen LogP) is 4.51. The van der Waals surface area contributed by atoms with Crippen molar-refractivity contribution in [1.29, 1.82) is 0 Å². The van der Waals surface area contributed by atoms with Gasteiger partial charge in [0, 0.05) is 36.0 Å². The van der Waals surface area contributed by atoms with Gasteiger partial charge in [0.15, 0.2) is 5.60 Å². The Hall–Kier alpha value is -4.06. The normalized spacial score (nSPS) is 12.9. The third kappa shape index (κ3) is 5.06. The number of ether oxygens (including phenoxy) is 1. The number of rotatable bonds is 8. The summed E-state index contributed by atoms with van der Waals surface area (Å²) in [6.07, 6.45) is 1.03. The van der Waals surface area contributed by atoms with Crippen molar-refractivity contribution in [3.63, 3.8) is 0 Å². The molecule has 6 heteroatoms. The van der Waals surface area contributed by atoms with Crippen LogP contribution in [0.25, 0.3) is 10.9 Å². The van der Waals surface area contributed by atoms with Gasteiger partial charge in [-0.2, -0.15) is 0 Å². The molecule has 4 N–H and O–H groups in total. The third-order valence-electron chi connectivity index (χ3n) is 5.88. The van der Waals surface area contributed by atoms with E-state index in [1.807, 2.05) is 91.1 Å². The summed E-state index contributed by atoms with van der Waals surface area (Å²) in [5.41, 5.74) is 7.86. The molecule has 0 radical (unpaired) electrons. The first-order valence-electron chi connectivity index (χ1n) is 10.9. The Bertz CT molecular complexity index is 1200. The standard InChI is InChI=1S/C27H27N3O3/c1-27(33-26(28)32,16-21-17-29-24-15-9-8-14-22(21)24)25(31)30-18-23(19-10-4-2-5-11-19)20-12-6-3-7-13-20/h2-15,17,23,29H,16,18H2,1H3,(H2,28,32)(H,30,31). The average Bonchev–Trinajstić information content (AvgIpc) is 3.22. The minimum Gasteiger partial charge on any atom is -0.433 e. The molecule has 0 aliphatic heterocycles. The van der Waals surface area contributed by atoms with E-state index >= 15 is 0 Å². The molecular formula is C27H27N3O3. The van der Waals surface area contributed by atoms with Crippen LogP contribution in [0, 0.1) is 0 Å². The molecule has 6 nitrogen and oxygen atoms in total. The fourth-order valence-electron chi connectivity index (χ4n) is 4.21. The Kier molecular flexibility index (Phi) is 6.45. The number of primary amides is 1. The number of fused-ring (bicyclic) bond motifs is 1. The van der Waals surface area contributed by atoms with Crippen molar-refractivity contribution in [2.24, 2.45) is 5.73 Å². The highest BCUT2D eigenvalue weighted by Crippen LogP contribution is 2.27. The van der Waals surface area contributed by atoms with Crippen LogP contribution in [0.15, 0.2) is 91.1 Å². The number of amides is 2. The highest BCUT2D eigenvalue weighted by atomic mass is 16.6. The number of hydrogen-bond donors (Lipinski definition) is 3. The highest BCUT2D eigenvalue weighted by Gasteiger charge is 2.38. The maximum absolute atomic E-state index is 13.4. The smallest absolute Gasteiger partial charge is 0.405 e. The monoisotopic (exact) mass is 441 g/mol. The Morgan fingerprint density at radius 2 is 1.52 bits per heavy atom. The van der Waals surface area contributed by atoms with Gasteiger partial charge in [0.05, 0.1) is 0 Å². The Morgan fingerprint density at radius 1 is 0.939 bits per heavy atom. The number of carbonyl (C=O) groups is 2. The lowest BCUT2D eigenvalue weighted by Crippen LogP contribution is -2.51. The zero-order valence-corrected chi connectivity index (χ0v) is 18.5. The second kappa shape index (κ2) is 9.61. The van der Waals surface area contributed by atoms with E-state index in [-0.39, 0.29) is 12.3 Å². The fourth-order valence-corrected chi connectivity index (χ4v) is 4.21. The summed E-state index contributed by atoms with van der Waals surface area (Å²) in [5.74, 6) is -0.453. The van der Waals surface area contributed by atoms with E-state index in [2.05, 4.69) is 10.3 Å². The van der Waals surface area contributed by atoms with Crippen LogP contribution < -0.4 is 11.1 Å². The molecule has 1 atom stereocenters. The van der Waals surface area contributed by atoms with E-state index < -0.39 is 17.6 Å². The van der Waals surface area contributed by atoms with E-state index in [0.717, 1.165) is 27.6 Å². The summed E-state index contributed by atoms with van der Waals surface area (Å²) in [6, 6.07) is 27.8. The number of nitrogens with one attached hydrogen (secondary N) is 2. The van der Waals surface area contributed by atoms with Crippen LogP contribution in [0.2, 0.25) is 0 Å². The molecule has 0 fully saturated rings. The van der Waals surface area contributed by atoms with Crippen LogP contribution in [-0.4, -0.2) is 29.1 Å². The fraction of sp³-hybridized carbons (Fsp3) is 0.185. The number of hydrogen-bond acceptors (Lipinski definition) is 3. The molecule has 168 valence electrons. The van der Waals surface area contributed by atoms with Crippen LogP contribution >= 0.6 is 0 Å². The van der Waals surface area contributed by atoms with Gasteiger partial charge >= 0.3 is 6.09 Å². The van der Waals surface area contributed by atoms with E-state index in [4.69, 9.17) is 10.5 Å². The molecule has 3 aromatic carbocycles. The van der Waals surface area contributed by atoms with Gasteiger partial charge in [0.1, 0.15) is 0 Å². The van der Waals surface area contributed by atoms with Crippen molar-refractivity contribution < 1.29 is 14.3 Å². The lowest BCUT2D eigenvalue weighted by molar-refractivity contribution is -0.138. The number of benzene rings is 3. The molecule has 4 aromatic rings. The molecule has 0 aliphatic rings. The van der Waals surface area contributed by atoms with Gasteiger partial charge in [-0.1, -0.05) is 78.9 Å². The lowest BCUT2D eigenvalue weighted by atomic mass is 9.90. The highest BCUT2D eigenvalue weighted by molar-refractivity contribution is 5.89. The van der Waals surface area contributed by atoms with E-state index in [9.17, 15) is 9.59 Å². The first kappa shape index (κ1) is 22.1. The van der Waals surface area contributed by atoms with E-state index in [1.54, 1.807) is 6.92 Å². The van der Waals surface area contributed by atoms with Gasteiger partial charge in [-0.25, -0.2) is 4.79 Å². The predicted molar refractivity (Wildman–Crippen MR) is 129 cm³/mol. The summed E-state index contributed by atoms with van der Waals surface area (Å²) < 4.78 is 5.38. The molecule has 0 saturated carbocycles. The van der Waals surface area contributed by atoms with E-state index in [0.29, 0.717) is 6.54 Å². The molecule has 33 heavy (non-hydrogen) atoms. The summed E-state index contributed by atoms with van der Waals surface area (Å²) in [5, 5.41) is 3.97. The van der Waals surface area contributed by atoms with Crippen molar-refractivity contribution in [2.45, 2.75) is 24.9 Å². The van der Waals surface area contributed by atoms with Gasteiger partial charge in [0.25, 0.3) is 5.91 Å². The molecule has 1 unspecified atom stereocenters. The molecule has 4 rings (SSSR count). The zero-order valence-electron chi connectivity index (χ0n) is 18.5. The molecule has 1 heterocycles. The number of aromatic nitrogens is 1. The quantitative estimate of drug-likeness (QED) is 0.375. The second-order valence-electron chi connectivity index (χ2n) is 8.27. The maximum Gasteiger partial charge on any atom is 0.405 e. The van der Waals surface area contributed by atoms with Gasteiger partial charge in [-0.15, -0.1) is 0 Å². The number of para-hydroxylation sites is 1. The van der Waals surface area contributed by atoms with Gasteiger partial charge in [0.2, 0.25) is 0 Å². The van der Waals surface area contributed by atoms with Gasteiger partial charge in [-0.05, 0) is 29.7 Å². The van der Waals surface area contributed by atoms with Crippen molar-refractivity contribution >= 4 is 22.9 Å². The molecule has 1 aromatic heterocycles. The van der Waals surface area contributed by atoms with Crippen LogP contribution in [0.1, 0.15) is 29.5 Å². The zero-order chi connectivity index (χ0) is 23.3. The Balaban J connectivity index is 1.58. The summed E-state index contributed by atoms with van der Waals surface area (Å²) >= 11 is 0. The average molecular weight is 442 g/mol. The summed E-state index contributed by atoms with van der Waals surface area (Å²) in [7, 11) is 0. The molecular weight excluding hydrogens is 414 g/mol. The van der Waals surface area contributed by atoms with Crippen LogP contribution in [0.3, 0.4) is 0 Å². The first-order chi connectivity index (χ1) is 16.0. The molecule has 2 amide bonds. The van der Waals surface area contributed by atoms with E-state index in [1.165, 1.54) is 0 Å². The Labute approximate surface area is 192 Å². The SMILES string of the molecule is CC(Cc1c[nH]c2ccccc12)(OC(N)=O)C(=O)NCC(c1ccccc1)c1ccccc1. The lowest BCUT2D eigenvalue weighted by Gasteiger charge is -2.29. The minimum absolute atomic E-state index is 0.0535. The van der Waals surface area contributed by atoms with Gasteiger partial charge in [-0.3, -0.25) is 4.79 Å². The van der Waals surface area contributed by atoms with Crippen molar-refractivity contribution in [2.75, 3.05) is 6.54 Å². The second-order valence-corrected chi connectivity index (χ2v) is 8.27. The summed E-state index contributed by atoms with van der Waals surface area (Å²) in [6.45, 7) is 1.94. The van der Waals surface area contributed by atoms with Crippen molar-refractivity contribution in [3.05, 3.63) is 108 Å². The van der Waals surface area contributed by atoms with Crippen molar-refractivity contribution in [1.82, 2.24) is 10.3 Å². The molecule has 0 aliphatic carbocycles. The largest absolute Gasteiger partial charge is 0.433 e. The minimum atomic E-state index is -1.46. The molecule has 0 bridgehead atoms. The third-order valence-corrected chi connectivity index (χ3v) is 5.88. The maximum atomic E-state index is 13.4. The van der Waals surface area contributed by atoms with Gasteiger partial charge < -0.3 is 20.8 Å². The number of H-pyrrole nitrogens is 1. The molecule has 0 saturated heterocycles. The summed E-state index contributed by atoms with van der Waals surface area (Å²) in [4.78, 5) is 28.3. The number of aromatic amines is 1. The van der Waals surface area contributed by atoms with Crippen LogP contribution in [0.4, 0.5) is 4.79 Å². The topological polar surface area (TPSA) is 97.2 Å². The van der Waals surface area contributed by atoms with Crippen molar-refractivity contribution in [3.8, 4) is 0 Å². The van der Waals surface area contributed by atoms with Crippen LogP contribution in [-0.2, 0) is 16.0 Å². The number of carbonyl (C=O) groups excluding carboxylic acids is 2. The first-order valence-corrected chi connectivity index (χ1v) is 10.9. The molecule has 0 spiro atoms.